The number of rotatable bonds is 12. The highest BCUT2D eigenvalue weighted by molar-refractivity contribution is 4.62. The summed E-state index contributed by atoms with van der Waals surface area (Å²) in [5.41, 5.74) is 0. The van der Waals surface area contributed by atoms with Crippen molar-refractivity contribution in [2.75, 3.05) is 13.1 Å². The van der Waals surface area contributed by atoms with Gasteiger partial charge in [0.05, 0.1) is 13.1 Å². The molecule has 0 amide bonds. The molecule has 0 N–H and O–H groups in total. The first-order valence-electron chi connectivity index (χ1n) is 8.11. The van der Waals surface area contributed by atoms with Crippen LogP contribution in [0.25, 0.3) is 0 Å². The second kappa shape index (κ2) is 13.0. The highest BCUT2D eigenvalue weighted by atomic mass is 15.1. The van der Waals surface area contributed by atoms with E-state index in [2.05, 4.69) is 37.9 Å². The van der Waals surface area contributed by atoms with Gasteiger partial charge < -0.3 is 0 Å². The molecule has 0 aromatic heterocycles. The average Bonchev–Trinajstić information content (AvgIpc) is 2.41. The van der Waals surface area contributed by atoms with Crippen molar-refractivity contribution in [2.45, 2.75) is 79.1 Å². The molecule has 2 heteroatoms. The highest BCUT2D eigenvalue weighted by Gasteiger charge is 2.06. The Hall–Kier alpha value is -0.400. The predicted octanol–water partition coefficient (Wildman–Crippen LogP) is 5.87. The molecule has 18 heavy (non-hydrogen) atoms. The van der Waals surface area contributed by atoms with Gasteiger partial charge in [0.25, 0.3) is 0 Å². The molecule has 0 heterocycles. The van der Waals surface area contributed by atoms with Crippen LogP contribution in [0.5, 0.6) is 0 Å². The number of azo groups is 1. The van der Waals surface area contributed by atoms with E-state index in [1.54, 1.807) is 0 Å². The van der Waals surface area contributed by atoms with Crippen LogP contribution in [0.4, 0.5) is 0 Å². The molecular formula is C16H34N2. The molecule has 108 valence electrons. The second-order valence-corrected chi connectivity index (χ2v) is 5.48. The van der Waals surface area contributed by atoms with Gasteiger partial charge >= 0.3 is 0 Å². The van der Waals surface area contributed by atoms with Gasteiger partial charge in [-0.15, -0.1) is 0 Å². The van der Waals surface area contributed by atoms with Crippen LogP contribution in [0.2, 0.25) is 0 Å². The van der Waals surface area contributed by atoms with Crippen LogP contribution in [-0.2, 0) is 0 Å². The van der Waals surface area contributed by atoms with Crippen molar-refractivity contribution >= 4 is 0 Å². The predicted molar refractivity (Wildman–Crippen MR) is 81.2 cm³/mol. The number of hydrogen-bond acceptors (Lipinski definition) is 2. The van der Waals surface area contributed by atoms with Gasteiger partial charge in [-0.25, -0.2) is 0 Å². The van der Waals surface area contributed by atoms with Crippen molar-refractivity contribution in [3.05, 3.63) is 0 Å². The first-order chi connectivity index (χ1) is 8.78. The Morgan fingerprint density at radius 1 is 0.667 bits per heavy atom. The Labute approximate surface area is 115 Å². The maximum atomic E-state index is 4.42. The van der Waals surface area contributed by atoms with Crippen LogP contribution in [-0.4, -0.2) is 13.1 Å². The van der Waals surface area contributed by atoms with E-state index in [1.807, 2.05) is 0 Å². The van der Waals surface area contributed by atoms with Crippen LogP contribution in [0, 0.1) is 11.8 Å². The smallest absolute Gasteiger partial charge is 0.0626 e. The lowest BCUT2D eigenvalue weighted by Crippen LogP contribution is -2.05. The van der Waals surface area contributed by atoms with E-state index in [0.29, 0.717) is 0 Å². The van der Waals surface area contributed by atoms with Crippen molar-refractivity contribution in [3.8, 4) is 0 Å². The number of hydrogen-bond donors (Lipinski definition) is 0. The summed E-state index contributed by atoms with van der Waals surface area (Å²) >= 11 is 0. The van der Waals surface area contributed by atoms with Gasteiger partial charge in [-0.05, 0) is 24.7 Å². The molecular weight excluding hydrogens is 220 g/mol. The maximum absolute atomic E-state index is 4.42. The van der Waals surface area contributed by atoms with Crippen LogP contribution >= 0.6 is 0 Å². The maximum Gasteiger partial charge on any atom is 0.0626 e. The Kier molecular flexibility index (Phi) is 12.8. The Morgan fingerprint density at radius 3 is 1.33 bits per heavy atom. The third-order valence-electron chi connectivity index (χ3n) is 3.87. The third-order valence-corrected chi connectivity index (χ3v) is 3.87. The Bertz CT molecular complexity index is 170. The molecule has 0 bridgehead atoms. The monoisotopic (exact) mass is 254 g/mol. The summed E-state index contributed by atoms with van der Waals surface area (Å²) in [5, 5.41) is 8.83. The summed E-state index contributed by atoms with van der Waals surface area (Å²) in [4.78, 5) is 0. The van der Waals surface area contributed by atoms with Crippen LogP contribution < -0.4 is 0 Å². The fourth-order valence-electron chi connectivity index (χ4n) is 2.18. The van der Waals surface area contributed by atoms with Crippen molar-refractivity contribution in [3.63, 3.8) is 0 Å². The Morgan fingerprint density at radius 2 is 1.06 bits per heavy atom. The van der Waals surface area contributed by atoms with Crippen molar-refractivity contribution in [1.82, 2.24) is 0 Å². The second-order valence-electron chi connectivity index (χ2n) is 5.48. The summed E-state index contributed by atoms with van der Waals surface area (Å²) in [6, 6.07) is 0. The standard InChI is InChI=1S/C16H34N2/c1-5-9-11-15(7-3)13-17-18-14-16(8-4)12-10-6-2/h15-16H,5-14H2,1-4H3. The fraction of sp³-hybridized carbons (Fsp3) is 1.00. The summed E-state index contributed by atoms with van der Waals surface area (Å²) in [5.74, 6) is 1.51. The zero-order valence-electron chi connectivity index (χ0n) is 13.1. The highest BCUT2D eigenvalue weighted by Crippen LogP contribution is 2.15. The molecule has 2 nitrogen and oxygen atoms in total. The molecule has 0 saturated heterocycles. The lowest BCUT2D eigenvalue weighted by molar-refractivity contribution is 0.432. The van der Waals surface area contributed by atoms with Crippen molar-refractivity contribution in [1.29, 1.82) is 0 Å². The molecule has 0 aliphatic carbocycles. The lowest BCUT2D eigenvalue weighted by atomic mass is 9.99. The Balaban J connectivity index is 3.77. The molecule has 0 saturated carbocycles. The summed E-state index contributed by atoms with van der Waals surface area (Å²) in [6.07, 6.45) is 10.4. The molecule has 0 rings (SSSR count). The van der Waals surface area contributed by atoms with Gasteiger partial charge in [-0.1, -0.05) is 66.2 Å². The largest absolute Gasteiger partial charge is 0.194 e. The molecule has 0 spiro atoms. The minimum absolute atomic E-state index is 0.754. The number of unbranched alkanes of at least 4 members (excludes halogenated alkanes) is 2. The van der Waals surface area contributed by atoms with E-state index in [4.69, 9.17) is 0 Å². The topological polar surface area (TPSA) is 24.7 Å². The molecule has 0 aliphatic rings. The SMILES string of the molecule is CCCCC(CC)CN=NCC(CC)CCCC. The summed E-state index contributed by atoms with van der Waals surface area (Å²) in [6.45, 7) is 10.9. The van der Waals surface area contributed by atoms with Crippen molar-refractivity contribution < 1.29 is 0 Å². The van der Waals surface area contributed by atoms with E-state index in [-0.39, 0.29) is 0 Å². The van der Waals surface area contributed by atoms with Crippen molar-refractivity contribution in [2.24, 2.45) is 22.1 Å². The van der Waals surface area contributed by atoms with Gasteiger partial charge in [-0.2, -0.15) is 10.2 Å². The zero-order valence-corrected chi connectivity index (χ0v) is 13.1. The van der Waals surface area contributed by atoms with E-state index in [9.17, 15) is 0 Å². The normalized spacial score (nSPS) is 15.1. The molecule has 0 fully saturated rings. The third kappa shape index (κ3) is 9.61. The molecule has 0 aromatic rings. The molecule has 0 aliphatic heterocycles. The van der Waals surface area contributed by atoms with E-state index < -0.39 is 0 Å². The first-order valence-corrected chi connectivity index (χ1v) is 8.11. The van der Waals surface area contributed by atoms with Crippen LogP contribution in [0.3, 0.4) is 0 Å². The van der Waals surface area contributed by atoms with Crippen LogP contribution in [0.1, 0.15) is 79.1 Å². The quantitative estimate of drug-likeness (QED) is 0.389. The number of nitrogens with zero attached hydrogens (tertiary/aromatic N) is 2. The molecule has 2 unspecified atom stereocenters. The minimum Gasteiger partial charge on any atom is -0.194 e. The van der Waals surface area contributed by atoms with E-state index in [1.165, 1.54) is 51.4 Å². The van der Waals surface area contributed by atoms with Gasteiger partial charge in [0.1, 0.15) is 0 Å². The van der Waals surface area contributed by atoms with E-state index >= 15 is 0 Å². The van der Waals surface area contributed by atoms with Gasteiger partial charge in [-0.3, -0.25) is 0 Å². The lowest BCUT2D eigenvalue weighted by Gasteiger charge is -2.12. The zero-order chi connectivity index (χ0) is 13.6. The van der Waals surface area contributed by atoms with Crippen LogP contribution in [0.15, 0.2) is 10.2 Å². The molecule has 2 atom stereocenters. The first kappa shape index (κ1) is 17.6. The molecule has 0 radical (unpaired) electrons. The summed E-state index contributed by atoms with van der Waals surface area (Å²) < 4.78 is 0. The molecule has 0 aromatic carbocycles. The average molecular weight is 254 g/mol. The summed E-state index contributed by atoms with van der Waals surface area (Å²) in [7, 11) is 0. The van der Waals surface area contributed by atoms with E-state index in [0.717, 1.165) is 24.9 Å². The van der Waals surface area contributed by atoms with Gasteiger partial charge in [0.15, 0.2) is 0 Å². The van der Waals surface area contributed by atoms with Gasteiger partial charge in [0, 0.05) is 0 Å². The fourth-order valence-corrected chi connectivity index (χ4v) is 2.18. The minimum atomic E-state index is 0.754. The van der Waals surface area contributed by atoms with Gasteiger partial charge in [0.2, 0.25) is 0 Å².